The van der Waals surface area contributed by atoms with E-state index in [4.69, 9.17) is 8.94 Å². The molecule has 1 N–H and O–H groups in total. The molecule has 3 heterocycles. The van der Waals surface area contributed by atoms with Gasteiger partial charge in [-0.25, -0.2) is 4.98 Å². The van der Waals surface area contributed by atoms with Crippen molar-refractivity contribution in [2.75, 3.05) is 5.32 Å². The monoisotopic (exact) mass is 230 g/mol. The quantitative estimate of drug-likeness (QED) is 0.742. The van der Waals surface area contributed by atoms with Crippen LogP contribution in [0, 0.1) is 6.92 Å². The average Bonchev–Trinajstić information content (AvgIpc) is 2.97. The molecule has 0 aliphatic carbocycles. The fraction of sp³-hybridized carbons (Fsp3) is 0.182. The van der Waals surface area contributed by atoms with E-state index in [2.05, 4.69) is 20.4 Å². The second-order valence-electron chi connectivity index (χ2n) is 3.60. The van der Waals surface area contributed by atoms with E-state index < -0.39 is 0 Å². The van der Waals surface area contributed by atoms with E-state index in [0.29, 0.717) is 18.1 Å². The van der Waals surface area contributed by atoms with Gasteiger partial charge in [-0.3, -0.25) is 0 Å². The molecule has 0 saturated carbocycles. The maximum absolute atomic E-state index is 5.23. The van der Waals surface area contributed by atoms with Crippen LogP contribution in [0.2, 0.25) is 0 Å². The molecule has 6 nitrogen and oxygen atoms in total. The summed E-state index contributed by atoms with van der Waals surface area (Å²) >= 11 is 0. The molecule has 3 aromatic rings. The van der Waals surface area contributed by atoms with Gasteiger partial charge in [0.2, 0.25) is 0 Å². The Morgan fingerprint density at radius 2 is 2.29 bits per heavy atom. The Kier molecular flexibility index (Phi) is 2.25. The third-order valence-corrected chi connectivity index (χ3v) is 2.45. The van der Waals surface area contributed by atoms with Gasteiger partial charge >= 0.3 is 0 Å². The van der Waals surface area contributed by atoms with Gasteiger partial charge in [-0.15, -0.1) is 0 Å². The Hall–Kier alpha value is -2.37. The van der Waals surface area contributed by atoms with Gasteiger partial charge < -0.3 is 14.3 Å². The van der Waals surface area contributed by atoms with Gasteiger partial charge in [0.1, 0.15) is 23.3 Å². The first-order valence-corrected chi connectivity index (χ1v) is 5.18. The number of hydrogen-bond acceptors (Lipinski definition) is 6. The van der Waals surface area contributed by atoms with Crippen LogP contribution in [0.15, 0.2) is 33.7 Å². The van der Waals surface area contributed by atoms with Crippen molar-refractivity contribution in [2.24, 2.45) is 0 Å². The first-order valence-electron chi connectivity index (χ1n) is 5.18. The second kappa shape index (κ2) is 3.89. The van der Waals surface area contributed by atoms with E-state index >= 15 is 0 Å². The zero-order chi connectivity index (χ0) is 11.7. The molecular formula is C11H10N4O2. The molecule has 0 spiro atoms. The second-order valence-corrected chi connectivity index (χ2v) is 3.60. The summed E-state index contributed by atoms with van der Waals surface area (Å²) in [6.07, 6.45) is 3.08. The van der Waals surface area contributed by atoms with Gasteiger partial charge in [0, 0.05) is 0 Å². The summed E-state index contributed by atoms with van der Waals surface area (Å²) in [5, 5.41) is 7.84. The van der Waals surface area contributed by atoms with Crippen molar-refractivity contribution in [1.82, 2.24) is 15.1 Å². The highest BCUT2D eigenvalue weighted by atomic mass is 16.5. The summed E-state index contributed by atoms with van der Waals surface area (Å²) in [4.78, 5) is 8.18. The van der Waals surface area contributed by atoms with Crippen molar-refractivity contribution in [2.45, 2.75) is 13.5 Å². The maximum atomic E-state index is 5.23. The first kappa shape index (κ1) is 9.83. The minimum atomic E-state index is 0.486. The summed E-state index contributed by atoms with van der Waals surface area (Å²) < 4.78 is 10.3. The fourth-order valence-electron chi connectivity index (χ4n) is 1.64. The van der Waals surface area contributed by atoms with E-state index in [0.717, 1.165) is 16.8 Å². The number of fused-ring (bicyclic) bond motifs is 1. The molecule has 0 aromatic carbocycles. The van der Waals surface area contributed by atoms with Crippen molar-refractivity contribution in [1.29, 1.82) is 0 Å². The van der Waals surface area contributed by atoms with Gasteiger partial charge in [-0.1, -0.05) is 5.16 Å². The molecule has 0 aliphatic rings. The lowest BCUT2D eigenvalue weighted by molar-refractivity contribution is 0.442. The predicted octanol–water partition coefficient (Wildman–Crippen LogP) is 2.13. The standard InChI is InChI=1S/C11H10N4O2/c1-7-9-10(12-5-8-3-2-4-16-8)13-6-14-11(9)17-15-7/h2-4,6H,5H2,1H3,(H,12,13,14). The molecule has 0 atom stereocenters. The van der Waals surface area contributed by atoms with Crippen LogP contribution in [0.4, 0.5) is 5.82 Å². The molecule has 0 aliphatic heterocycles. The highest BCUT2D eigenvalue weighted by Crippen LogP contribution is 2.22. The van der Waals surface area contributed by atoms with Crippen LogP contribution >= 0.6 is 0 Å². The lowest BCUT2D eigenvalue weighted by Crippen LogP contribution is -2.01. The normalized spacial score (nSPS) is 10.9. The molecule has 0 fully saturated rings. The molecule has 0 bridgehead atoms. The van der Waals surface area contributed by atoms with E-state index in [1.165, 1.54) is 6.33 Å². The van der Waals surface area contributed by atoms with Crippen molar-refractivity contribution in [3.63, 3.8) is 0 Å². The van der Waals surface area contributed by atoms with E-state index in [1.807, 2.05) is 19.1 Å². The highest BCUT2D eigenvalue weighted by molar-refractivity contribution is 5.87. The average molecular weight is 230 g/mol. The Bertz CT molecular complexity index is 630. The van der Waals surface area contributed by atoms with Crippen LogP contribution in [0.3, 0.4) is 0 Å². The zero-order valence-electron chi connectivity index (χ0n) is 9.17. The van der Waals surface area contributed by atoms with Crippen molar-refractivity contribution in [3.8, 4) is 0 Å². The molecule has 6 heteroatoms. The van der Waals surface area contributed by atoms with Crippen LogP contribution in [-0.2, 0) is 6.54 Å². The summed E-state index contributed by atoms with van der Waals surface area (Å²) in [6, 6.07) is 3.74. The van der Waals surface area contributed by atoms with Crippen LogP contribution in [0.5, 0.6) is 0 Å². The smallest absolute Gasteiger partial charge is 0.263 e. The molecule has 0 unspecified atom stereocenters. The van der Waals surface area contributed by atoms with Gasteiger partial charge in [-0.2, -0.15) is 4.98 Å². The molecular weight excluding hydrogens is 220 g/mol. The van der Waals surface area contributed by atoms with Crippen LogP contribution < -0.4 is 5.32 Å². The first-order chi connectivity index (χ1) is 8.34. The van der Waals surface area contributed by atoms with Gasteiger partial charge in [0.05, 0.1) is 18.5 Å². The van der Waals surface area contributed by atoms with E-state index in [1.54, 1.807) is 6.26 Å². The Morgan fingerprint density at radius 1 is 1.35 bits per heavy atom. The van der Waals surface area contributed by atoms with Crippen LogP contribution in [0.1, 0.15) is 11.5 Å². The third-order valence-electron chi connectivity index (χ3n) is 2.45. The molecule has 3 rings (SSSR count). The van der Waals surface area contributed by atoms with Gasteiger partial charge in [-0.05, 0) is 19.1 Å². The van der Waals surface area contributed by atoms with E-state index in [-0.39, 0.29) is 0 Å². The topological polar surface area (TPSA) is 77.0 Å². The maximum Gasteiger partial charge on any atom is 0.263 e. The van der Waals surface area contributed by atoms with Crippen molar-refractivity contribution in [3.05, 3.63) is 36.2 Å². The number of nitrogens with one attached hydrogen (secondary N) is 1. The van der Waals surface area contributed by atoms with Gasteiger partial charge in [0.25, 0.3) is 5.71 Å². The number of furan rings is 1. The van der Waals surface area contributed by atoms with Crippen molar-refractivity contribution < 1.29 is 8.94 Å². The molecule has 0 radical (unpaired) electrons. The minimum Gasteiger partial charge on any atom is -0.467 e. The van der Waals surface area contributed by atoms with Crippen molar-refractivity contribution >= 4 is 16.9 Å². The number of anilines is 1. The fourth-order valence-corrected chi connectivity index (χ4v) is 1.64. The molecule has 86 valence electrons. The minimum absolute atomic E-state index is 0.486. The number of nitrogens with zero attached hydrogens (tertiary/aromatic N) is 3. The lowest BCUT2D eigenvalue weighted by Gasteiger charge is -2.03. The summed E-state index contributed by atoms with van der Waals surface area (Å²) in [5.41, 5.74) is 1.25. The molecule has 0 amide bonds. The van der Waals surface area contributed by atoms with Crippen LogP contribution in [0.25, 0.3) is 11.1 Å². The molecule has 3 aromatic heterocycles. The Labute approximate surface area is 96.6 Å². The Balaban J connectivity index is 1.92. The number of aryl methyl sites for hydroxylation is 1. The Morgan fingerprint density at radius 3 is 3.12 bits per heavy atom. The summed E-state index contributed by atoms with van der Waals surface area (Å²) in [7, 11) is 0. The number of aromatic nitrogens is 3. The number of rotatable bonds is 3. The van der Waals surface area contributed by atoms with E-state index in [9.17, 15) is 0 Å². The van der Waals surface area contributed by atoms with Crippen LogP contribution in [-0.4, -0.2) is 15.1 Å². The lowest BCUT2D eigenvalue weighted by atomic mass is 10.3. The zero-order valence-corrected chi connectivity index (χ0v) is 9.17. The summed E-state index contributed by atoms with van der Waals surface area (Å²) in [6.45, 7) is 2.41. The number of hydrogen-bond donors (Lipinski definition) is 1. The molecule has 0 saturated heterocycles. The largest absolute Gasteiger partial charge is 0.467 e. The van der Waals surface area contributed by atoms with Gasteiger partial charge in [0.15, 0.2) is 0 Å². The summed E-state index contributed by atoms with van der Waals surface area (Å²) in [5.74, 6) is 1.54. The molecule has 17 heavy (non-hydrogen) atoms. The SMILES string of the molecule is Cc1noc2ncnc(NCc3ccco3)c12. The highest BCUT2D eigenvalue weighted by Gasteiger charge is 2.11. The third kappa shape index (κ3) is 1.73. The predicted molar refractivity (Wildman–Crippen MR) is 60.4 cm³/mol.